The molecule has 2 aromatic rings. The number of rotatable bonds is 7. The van der Waals surface area contributed by atoms with E-state index < -0.39 is 5.97 Å². The minimum Gasteiger partial charge on any atom is -0.461 e. The van der Waals surface area contributed by atoms with Crippen LogP contribution in [0, 0.1) is 0 Å². The molecule has 0 aliphatic heterocycles. The summed E-state index contributed by atoms with van der Waals surface area (Å²) in [7, 11) is 0. The predicted octanol–water partition coefficient (Wildman–Crippen LogP) is 3.10. The van der Waals surface area contributed by atoms with E-state index in [-0.39, 0.29) is 23.5 Å². The largest absolute Gasteiger partial charge is 0.461 e. The van der Waals surface area contributed by atoms with Gasteiger partial charge in [-0.15, -0.1) is 11.8 Å². The number of benzene rings is 1. The Balaban J connectivity index is 1.98. The predicted molar refractivity (Wildman–Crippen MR) is 89.6 cm³/mol. The van der Waals surface area contributed by atoms with E-state index in [1.807, 2.05) is 37.3 Å². The molecule has 2 rings (SSSR count). The Morgan fingerprint density at radius 1 is 1.30 bits per heavy atom. The minimum atomic E-state index is -0.494. The van der Waals surface area contributed by atoms with Gasteiger partial charge in [0.2, 0.25) is 5.91 Å². The first-order valence-corrected chi connectivity index (χ1v) is 8.27. The molecule has 23 heavy (non-hydrogen) atoms. The molecule has 1 amide bonds. The van der Waals surface area contributed by atoms with Crippen LogP contribution in [0.3, 0.4) is 0 Å². The van der Waals surface area contributed by atoms with Crippen molar-refractivity contribution in [1.82, 2.24) is 10.2 Å². The minimum absolute atomic E-state index is 0.150. The first-order chi connectivity index (χ1) is 11.1. The van der Waals surface area contributed by atoms with Crippen LogP contribution >= 0.6 is 11.8 Å². The standard InChI is InChI=1S/C16H19N3O3S/c1-3-13(23-11-8-6-5-7-9-11)15(20)17-14-10-12(18-19-14)16(21)22-4-2/h5-10,13H,3-4H2,1-2H3,(H2,17,18,19,20)/t13-/m0/s1. The van der Waals surface area contributed by atoms with Gasteiger partial charge in [-0.3, -0.25) is 9.89 Å². The van der Waals surface area contributed by atoms with E-state index in [4.69, 9.17) is 4.74 Å². The van der Waals surface area contributed by atoms with Gasteiger partial charge in [-0.2, -0.15) is 5.10 Å². The maximum atomic E-state index is 12.4. The fourth-order valence-corrected chi connectivity index (χ4v) is 2.87. The van der Waals surface area contributed by atoms with E-state index in [0.29, 0.717) is 12.2 Å². The molecule has 0 aliphatic rings. The fraction of sp³-hybridized carbons (Fsp3) is 0.312. The molecular weight excluding hydrogens is 314 g/mol. The molecule has 2 N–H and O–H groups in total. The Bertz CT molecular complexity index is 658. The van der Waals surface area contributed by atoms with Gasteiger partial charge in [0.15, 0.2) is 5.82 Å². The van der Waals surface area contributed by atoms with Crippen LogP contribution in [-0.4, -0.2) is 33.9 Å². The first-order valence-electron chi connectivity index (χ1n) is 7.39. The number of nitrogens with zero attached hydrogens (tertiary/aromatic N) is 1. The van der Waals surface area contributed by atoms with Crippen LogP contribution in [0.25, 0.3) is 0 Å². The third kappa shape index (κ3) is 4.85. The zero-order chi connectivity index (χ0) is 16.7. The second-order valence-corrected chi connectivity index (χ2v) is 5.98. The van der Waals surface area contributed by atoms with Gasteiger partial charge < -0.3 is 10.1 Å². The highest BCUT2D eigenvalue weighted by Crippen LogP contribution is 2.26. The van der Waals surface area contributed by atoms with Gasteiger partial charge >= 0.3 is 5.97 Å². The molecule has 1 atom stereocenters. The van der Waals surface area contributed by atoms with Gasteiger partial charge in [0.25, 0.3) is 0 Å². The lowest BCUT2D eigenvalue weighted by Crippen LogP contribution is -2.24. The van der Waals surface area contributed by atoms with E-state index in [0.717, 1.165) is 4.90 Å². The molecule has 0 fully saturated rings. The summed E-state index contributed by atoms with van der Waals surface area (Å²) in [4.78, 5) is 24.9. The van der Waals surface area contributed by atoms with Gasteiger partial charge in [0.05, 0.1) is 11.9 Å². The zero-order valence-corrected chi connectivity index (χ0v) is 13.9. The summed E-state index contributed by atoms with van der Waals surface area (Å²) in [5.74, 6) is -0.334. The number of H-pyrrole nitrogens is 1. The first kappa shape index (κ1) is 17.1. The number of carbonyl (C=O) groups is 2. The summed E-state index contributed by atoms with van der Waals surface area (Å²) in [6.45, 7) is 3.96. The average Bonchev–Trinajstić information content (AvgIpc) is 3.02. The molecule has 0 bridgehead atoms. The number of aromatic amines is 1. The van der Waals surface area contributed by atoms with Crippen LogP contribution in [0.1, 0.15) is 30.8 Å². The van der Waals surface area contributed by atoms with Gasteiger partial charge in [0, 0.05) is 11.0 Å². The van der Waals surface area contributed by atoms with Gasteiger partial charge in [-0.05, 0) is 25.5 Å². The number of nitrogens with one attached hydrogen (secondary N) is 2. The van der Waals surface area contributed by atoms with Gasteiger partial charge in [-0.1, -0.05) is 25.1 Å². The topological polar surface area (TPSA) is 84.1 Å². The van der Waals surface area contributed by atoms with Crippen molar-refractivity contribution in [3.8, 4) is 0 Å². The number of hydrogen-bond acceptors (Lipinski definition) is 5. The molecule has 0 radical (unpaired) electrons. The van der Waals surface area contributed by atoms with Crippen LogP contribution in [0.4, 0.5) is 5.82 Å². The Kier molecular flexibility index (Phi) is 6.22. The molecule has 0 saturated carbocycles. The monoisotopic (exact) mass is 333 g/mol. The van der Waals surface area contributed by atoms with Crippen molar-refractivity contribution in [1.29, 1.82) is 0 Å². The normalized spacial score (nSPS) is 11.7. The Morgan fingerprint density at radius 3 is 2.70 bits per heavy atom. The van der Waals surface area contributed by atoms with Crippen molar-refractivity contribution in [2.75, 3.05) is 11.9 Å². The number of anilines is 1. The zero-order valence-electron chi connectivity index (χ0n) is 13.0. The lowest BCUT2D eigenvalue weighted by atomic mass is 10.3. The Labute approximate surface area is 139 Å². The maximum absolute atomic E-state index is 12.4. The van der Waals surface area contributed by atoms with Crippen LogP contribution in [0.5, 0.6) is 0 Å². The molecule has 6 nitrogen and oxygen atoms in total. The number of esters is 1. The molecule has 0 aliphatic carbocycles. The fourth-order valence-electron chi connectivity index (χ4n) is 1.89. The number of amides is 1. The van der Waals surface area contributed by atoms with Crippen molar-refractivity contribution in [3.63, 3.8) is 0 Å². The van der Waals surface area contributed by atoms with Crippen molar-refractivity contribution < 1.29 is 14.3 Å². The molecular formula is C16H19N3O3S. The SMILES string of the molecule is CCOC(=O)c1cc(NC(=O)[C@H](CC)Sc2ccccc2)n[nH]1. The lowest BCUT2D eigenvalue weighted by Gasteiger charge is -2.13. The Hall–Kier alpha value is -2.28. The van der Waals surface area contributed by atoms with E-state index in [2.05, 4.69) is 15.5 Å². The second kappa shape index (κ2) is 8.38. The third-order valence-electron chi connectivity index (χ3n) is 3.01. The Morgan fingerprint density at radius 2 is 2.04 bits per heavy atom. The van der Waals surface area contributed by atoms with Crippen LogP contribution in [0.15, 0.2) is 41.3 Å². The summed E-state index contributed by atoms with van der Waals surface area (Å²) in [6, 6.07) is 11.2. The summed E-state index contributed by atoms with van der Waals surface area (Å²) in [5.41, 5.74) is 0.214. The molecule has 7 heteroatoms. The highest BCUT2D eigenvalue weighted by atomic mass is 32.2. The highest BCUT2D eigenvalue weighted by molar-refractivity contribution is 8.00. The highest BCUT2D eigenvalue weighted by Gasteiger charge is 2.20. The summed E-state index contributed by atoms with van der Waals surface area (Å²) in [6.07, 6.45) is 0.681. The number of ether oxygens (including phenoxy) is 1. The van der Waals surface area contributed by atoms with E-state index in [1.165, 1.54) is 17.8 Å². The number of carbonyl (C=O) groups excluding carboxylic acids is 2. The van der Waals surface area contributed by atoms with E-state index >= 15 is 0 Å². The van der Waals surface area contributed by atoms with Gasteiger partial charge in [-0.25, -0.2) is 4.79 Å². The molecule has 1 aromatic heterocycles. The van der Waals surface area contributed by atoms with E-state index in [9.17, 15) is 9.59 Å². The van der Waals surface area contributed by atoms with Crippen LogP contribution < -0.4 is 5.32 Å². The summed E-state index contributed by atoms with van der Waals surface area (Å²) in [5, 5.41) is 8.96. The molecule has 0 spiro atoms. The number of aromatic nitrogens is 2. The molecule has 1 heterocycles. The summed E-state index contributed by atoms with van der Waals surface area (Å²) < 4.78 is 4.87. The molecule has 0 saturated heterocycles. The van der Waals surface area contributed by atoms with Crippen LogP contribution in [-0.2, 0) is 9.53 Å². The number of thioether (sulfide) groups is 1. The van der Waals surface area contributed by atoms with Crippen molar-refractivity contribution in [2.24, 2.45) is 0 Å². The lowest BCUT2D eigenvalue weighted by molar-refractivity contribution is -0.115. The van der Waals surface area contributed by atoms with E-state index in [1.54, 1.807) is 6.92 Å². The van der Waals surface area contributed by atoms with Gasteiger partial charge in [0.1, 0.15) is 5.69 Å². The molecule has 0 unspecified atom stereocenters. The smallest absolute Gasteiger partial charge is 0.356 e. The average molecular weight is 333 g/mol. The van der Waals surface area contributed by atoms with Crippen LogP contribution in [0.2, 0.25) is 0 Å². The van der Waals surface area contributed by atoms with Crippen molar-refractivity contribution in [3.05, 3.63) is 42.1 Å². The third-order valence-corrected chi connectivity index (χ3v) is 4.39. The number of hydrogen-bond donors (Lipinski definition) is 2. The maximum Gasteiger partial charge on any atom is 0.356 e. The molecule has 122 valence electrons. The van der Waals surface area contributed by atoms with Crippen molar-refractivity contribution >= 4 is 29.5 Å². The second-order valence-electron chi connectivity index (χ2n) is 4.70. The quantitative estimate of drug-likeness (QED) is 0.601. The molecule has 1 aromatic carbocycles. The van der Waals surface area contributed by atoms with Crippen molar-refractivity contribution in [2.45, 2.75) is 30.4 Å². The summed E-state index contributed by atoms with van der Waals surface area (Å²) >= 11 is 1.50.